The second-order valence-electron chi connectivity index (χ2n) is 6.21. The van der Waals surface area contributed by atoms with Gasteiger partial charge in [-0.05, 0) is 30.5 Å². The predicted molar refractivity (Wildman–Crippen MR) is 107 cm³/mol. The van der Waals surface area contributed by atoms with E-state index in [4.69, 9.17) is 5.11 Å². The first-order valence-corrected chi connectivity index (χ1v) is 9.54. The minimum Gasteiger partial charge on any atom is -0.478 e. The normalized spacial score (nSPS) is 10.6. The molecule has 0 unspecified atom stereocenters. The first-order valence-electron chi connectivity index (χ1n) is 8.66. The molecule has 0 bridgehead atoms. The number of aryl methyl sites for hydroxylation is 1. The van der Waals surface area contributed by atoms with Crippen LogP contribution in [-0.2, 0) is 11.2 Å². The summed E-state index contributed by atoms with van der Waals surface area (Å²) in [6, 6.07) is 15.1. The summed E-state index contributed by atoms with van der Waals surface area (Å²) in [4.78, 5) is 26.7. The maximum Gasteiger partial charge on any atom is 0.335 e. The summed E-state index contributed by atoms with van der Waals surface area (Å²) >= 11 is 1.50. The zero-order chi connectivity index (χ0) is 19.2. The van der Waals surface area contributed by atoms with Gasteiger partial charge in [-0.3, -0.25) is 4.79 Å². The molecule has 0 fully saturated rings. The van der Waals surface area contributed by atoms with Crippen LogP contribution in [0.2, 0.25) is 0 Å². The van der Waals surface area contributed by atoms with Gasteiger partial charge >= 0.3 is 5.97 Å². The van der Waals surface area contributed by atoms with Crippen LogP contribution in [0.3, 0.4) is 0 Å². The molecule has 6 heteroatoms. The lowest BCUT2D eigenvalue weighted by Gasteiger charge is -2.04. The highest BCUT2D eigenvalue weighted by molar-refractivity contribution is 7.13. The number of nitrogens with one attached hydrogen (secondary N) is 1. The second-order valence-corrected chi connectivity index (χ2v) is 7.07. The number of nitrogens with zero attached hydrogens (tertiary/aromatic N) is 1. The van der Waals surface area contributed by atoms with E-state index in [2.05, 4.69) is 22.4 Å². The van der Waals surface area contributed by atoms with Crippen molar-refractivity contribution in [2.45, 2.75) is 19.8 Å². The first kappa shape index (κ1) is 18.8. The van der Waals surface area contributed by atoms with Crippen LogP contribution in [0, 0.1) is 0 Å². The number of benzene rings is 2. The zero-order valence-electron chi connectivity index (χ0n) is 14.9. The van der Waals surface area contributed by atoms with Crippen LogP contribution in [0.4, 0.5) is 0 Å². The Morgan fingerprint density at radius 3 is 2.59 bits per heavy atom. The van der Waals surface area contributed by atoms with E-state index in [9.17, 15) is 9.59 Å². The molecule has 0 atom stereocenters. The van der Waals surface area contributed by atoms with E-state index in [0.717, 1.165) is 34.7 Å². The van der Waals surface area contributed by atoms with Gasteiger partial charge in [0.1, 0.15) is 5.01 Å². The Labute approximate surface area is 161 Å². The number of amides is 1. The highest BCUT2D eigenvalue weighted by Gasteiger charge is 2.09. The molecule has 0 saturated carbocycles. The van der Waals surface area contributed by atoms with Gasteiger partial charge in [-0.25, -0.2) is 9.78 Å². The lowest BCUT2D eigenvalue weighted by molar-refractivity contribution is -0.118. The number of carboxylic acid groups (broad SMARTS) is 1. The Morgan fingerprint density at radius 2 is 1.89 bits per heavy atom. The van der Waals surface area contributed by atoms with Gasteiger partial charge in [-0.2, -0.15) is 0 Å². The zero-order valence-corrected chi connectivity index (χ0v) is 15.8. The summed E-state index contributed by atoms with van der Waals surface area (Å²) in [6.45, 7) is 2.21. The van der Waals surface area contributed by atoms with Gasteiger partial charge in [0, 0.05) is 30.0 Å². The molecule has 138 valence electrons. The summed E-state index contributed by atoms with van der Waals surface area (Å²) in [6.07, 6.45) is 1.81. The van der Waals surface area contributed by atoms with Gasteiger partial charge in [0.15, 0.2) is 0 Å². The Bertz CT molecular complexity index is 948. The van der Waals surface area contributed by atoms with Gasteiger partial charge < -0.3 is 10.4 Å². The van der Waals surface area contributed by atoms with E-state index < -0.39 is 5.97 Å². The van der Waals surface area contributed by atoms with Crippen LogP contribution < -0.4 is 5.32 Å². The molecular formula is C21H20N2O3S. The fourth-order valence-electron chi connectivity index (χ4n) is 2.72. The minimum absolute atomic E-state index is 0.00132. The third-order valence-electron chi connectivity index (χ3n) is 4.13. The number of rotatable bonds is 7. The van der Waals surface area contributed by atoms with E-state index in [1.807, 2.05) is 23.6 Å². The lowest BCUT2D eigenvalue weighted by Crippen LogP contribution is -2.21. The lowest BCUT2D eigenvalue weighted by atomic mass is 10.1. The third-order valence-corrected chi connectivity index (χ3v) is 5.02. The largest absolute Gasteiger partial charge is 0.478 e. The van der Waals surface area contributed by atoms with E-state index in [1.54, 1.807) is 18.2 Å². The fraction of sp³-hybridized carbons (Fsp3) is 0.190. The number of hydrogen-bond acceptors (Lipinski definition) is 4. The highest BCUT2D eigenvalue weighted by atomic mass is 32.1. The number of carbonyl (C=O) groups excluding carboxylic acids is 1. The van der Waals surface area contributed by atoms with Crippen molar-refractivity contribution >= 4 is 23.2 Å². The van der Waals surface area contributed by atoms with Crippen molar-refractivity contribution in [3.8, 4) is 21.8 Å². The van der Waals surface area contributed by atoms with Crippen molar-refractivity contribution in [1.29, 1.82) is 0 Å². The second kappa shape index (κ2) is 8.60. The van der Waals surface area contributed by atoms with Crippen LogP contribution in [0.15, 0.2) is 53.9 Å². The van der Waals surface area contributed by atoms with Crippen LogP contribution in [0.5, 0.6) is 0 Å². The molecule has 1 heterocycles. The van der Waals surface area contributed by atoms with Crippen LogP contribution in [0.1, 0.15) is 29.3 Å². The third kappa shape index (κ3) is 5.01. The summed E-state index contributed by atoms with van der Waals surface area (Å²) in [5.74, 6) is -0.943. The molecule has 0 radical (unpaired) electrons. The van der Waals surface area contributed by atoms with Crippen LogP contribution in [-0.4, -0.2) is 28.5 Å². The average molecular weight is 380 g/mol. The van der Waals surface area contributed by atoms with Gasteiger partial charge in [-0.15, -0.1) is 11.3 Å². The Morgan fingerprint density at radius 1 is 1.11 bits per heavy atom. The summed E-state index contributed by atoms with van der Waals surface area (Å²) in [5, 5.41) is 14.7. The molecule has 0 saturated heterocycles. The molecule has 0 aliphatic rings. The van der Waals surface area contributed by atoms with E-state index >= 15 is 0 Å². The predicted octanol–water partition coefficient (Wildman–Crippen LogP) is 4.24. The number of hydrogen-bond donors (Lipinski definition) is 2. The average Bonchev–Trinajstić information content (AvgIpc) is 3.16. The molecule has 3 aromatic rings. The van der Waals surface area contributed by atoms with Crippen molar-refractivity contribution in [2.24, 2.45) is 0 Å². The van der Waals surface area contributed by atoms with Crippen molar-refractivity contribution in [1.82, 2.24) is 10.3 Å². The number of carbonyl (C=O) groups is 2. The molecular weight excluding hydrogens is 360 g/mol. The summed E-state index contributed by atoms with van der Waals surface area (Å²) in [7, 11) is 0. The van der Waals surface area contributed by atoms with Gasteiger partial charge in [0.25, 0.3) is 0 Å². The topological polar surface area (TPSA) is 79.3 Å². The van der Waals surface area contributed by atoms with Crippen molar-refractivity contribution < 1.29 is 14.7 Å². The van der Waals surface area contributed by atoms with Crippen molar-refractivity contribution in [2.75, 3.05) is 6.54 Å². The standard InChI is InChI=1S/C21H20N2O3S/c1-14(24)22-11-3-4-15-7-9-16(10-8-15)19-13-27-20(23-19)17-5-2-6-18(12-17)21(25)26/h2,5-10,12-13H,3-4,11H2,1H3,(H,22,24)(H,25,26). The maximum atomic E-state index is 11.1. The molecule has 0 aliphatic heterocycles. The summed E-state index contributed by atoms with van der Waals surface area (Å²) < 4.78 is 0. The molecule has 5 nitrogen and oxygen atoms in total. The number of thiazole rings is 1. The minimum atomic E-state index is -0.942. The van der Waals surface area contributed by atoms with E-state index in [-0.39, 0.29) is 11.5 Å². The molecule has 27 heavy (non-hydrogen) atoms. The molecule has 0 aliphatic carbocycles. The quantitative estimate of drug-likeness (QED) is 0.601. The number of aromatic carboxylic acids is 1. The SMILES string of the molecule is CC(=O)NCCCc1ccc(-c2csc(-c3cccc(C(=O)O)c3)n2)cc1. The molecule has 2 aromatic carbocycles. The van der Waals surface area contributed by atoms with Crippen LogP contribution in [0.25, 0.3) is 21.8 Å². The highest BCUT2D eigenvalue weighted by Crippen LogP contribution is 2.29. The molecule has 3 rings (SSSR count). The first-order chi connectivity index (χ1) is 13.0. The monoisotopic (exact) mass is 380 g/mol. The smallest absolute Gasteiger partial charge is 0.335 e. The summed E-state index contributed by atoms with van der Waals surface area (Å²) in [5.41, 5.74) is 4.18. The van der Waals surface area contributed by atoms with E-state index in [1.165, 1.54) is 23.8 Å². The Kier molecular flexibility index (Phi) is 5.98. The Balaban J connectivity index is 1.68. The molecule has 1 aromatic heterocycles. The maximum absolute atomic E-state index is 11.1. The van der Waals surface area contributed by atoms with E-state index in [0.29, 0.717) is 6.54 Å². The van der Waals surface area contributed by atoms with Gasteiger partial charge in [-0.1, -0.05) is 36.4 Å². The van der Waals surface area contributed by atoms with Gasteiger partial charge in [0.05, 0.1) is 11.3 Å². The fourth-order valence-corrected chi connectivity index (χ4v) is 3.55. The Hall–Kier alpha value is -2.99. The number of aromatic nitrogens is 1. The molecule has 0 spiro atoms. The number of carboxylic acids is 1. The van der Waals surface area contributed by atoms with Crippen molar-refractivity contribution in [3.05, 3.63) is 65.0 Å². The van der Waals surface area contributed by atoms with Crippen molar-refractivity contribution in [3.63, 3.8) is 0 Å². The molecule has 1 amide bonds. The van der Waals surface area contributed by atoms with Gasteiger partial charge in [0.2, 0.25) is 5.91 Å². The van der Waals surface area contributed by atoms with Crippen LogP contribution >= 0.6 is 11.3 Å². The molecule has 2 N–H and O–H groups in total.